The molecule has 2 aromatic rings. The number of nitrogens with zero attached hydrogens (tertiary/aromatic N) is 1. The van der Waals surface area contributed by atoms with E-state index in [0.29, 0.717) is 0 Å². The van der Waals surface area contributed by atoms with Gasteiger partial charge in [0.15, 0.2) is 6.07 Å². The smallest absolute Gasteiger partial charge is 0.152 e. The van der Waals surface area contributed by atoms with Crippen LogP contribution in [0.15, 0.2) is 54.6 Å². The molecular weight excluding hydrogens is 194 g/mol. The van der Waals surface area contributed by atoms with E-state index in [-0.39, 0.29) is 0 Å². The van der Waals surface area contributed by atoms with Crippen LogP contribution in [0.3, 0.4) is 0 Å². The fourth-order valence-corrected chi connectivity index (χ4v) is 1.48. The van der Waals surface area contributed by atoms with Gasteiger partial charge in [-0.1, -0.05) is 48.4 Å². The Balaban J connectivity index is 2.31. The number of hydrogen-bond donors (Lipinski definition) is 0. The molecule has 2 rings (SSSR count). The summed E-state index contributed by atoms with van der Waals surface area (Å²) in [6.07, 6.45) is 0. The average molecular weight is 203 g/mol. The lowest BCUT2D eigenvalue weighted by molar-refractivity contribution is 1.54. The van der Waals surface area contributed by atoms with Gasteiger partial charge in [0.2, 0.25) is 0 Å². The van der Waals surface area contributed by atoms with Crippen LogP contribution >= 0.6 is 0 Å². The highest BCUT2D eigenvalue weighted by molar-refractivity contribution is 5.64. The van der Waals surface area contributed by atoms with Crippen LogP contribution in [0.5, 0.6) is 0 Å². The summed E-state index contributed by atoms with van der Waals surface area (Å²) in [5.74, 6) is 5.14. The number of nitriles is 1. The van der Waals surface area contributed by atoms with Crippen LogP contribution in [0.1, 0.15) is 5.56 Å². The van der Waals surface area contributed by atoms with Crippen molar-refractivity contribution in [3.8, 4) is 29.0 Å². The maximum Gasteiger partial charge on any atom is 0.152 e. The van der Waals surface area contributed by atoms with Gasteiger partial charge in [0, 0.05) is 11.5 Å². The highest BCUT2D eigenvalue weighted by atomic mass is 14.2. The van der Waals surface area contributed by atoms with Gasteiger partial charge in [-0.2, -0.15) is 5.26 Å². The first-order valence-electron chi connectivity index (χ1n) is 4.96. The van der Waals surface area contributed by atoms with E-state index >= 15 is 0 Å². The van der Waals surface area contributed by atoms with Crippen molar-refractivity contribution < 1.29 is 0 Å². The molecule has 0 aromatic heterocycles. The summed E-state index contributed by atoms with van der Waals surface area (Å²) in [5, 5.41) is 8.34. The molecule has 0 aliphatic heterocycles. The van der Waals surface area contributed by atoms with Crippen LogP contribution in [0, 0.1) is 23.2 Å². The largest absolute Gasteiger partial charge is 0.183 e. The predicted octanol–water partition coefficient (Wildman–Crippen LogP) is 3.23. The van der Waals surface area contributed by atoms with Crippen molar-refractivity contribution in [2.24, 2.45) is 0 Å². The van der Waals surface area contributed by atoms with Gasteiger partial charge in [0.1, 0.15) is 0 Å². The molecule has 0 fully saturated rings. The van der Waals surface area contributed by atoms with Gasteiger partial charge in [-0.15, -0.1) is 0 Å². The minimum atomic E-state index is 0.862. The number of hydrogen-bond acceptors (Lipinski definition) is 1. The third-order valence-corrected chi connectivity index (χ3v) is 2.25. The molecular formula is C15H9N. The van der Waals surface area contributed by atoms with Crippen molar-refractivity contribution in [1.29, 1.82) is 5.26 Å². The van der Waals surface area contributed by atoms with E-state index in [1.54, 1.807) is 6.07 Å². The first-order chi connectivity index (χ1) is 7.90. The van der Waals surface area contributed by atoms with Gasteiger partial charge in [0.05, 0.1) is 0 Å². The average Bonchev–Trinajstić information content (AvgIpc) is 2.38. The fourth-order valence-electron chi connectivity index (χ4n) is 1.48. The second-order valence-electron chi connectivity index (χ2n) is 3.31. The Hall–Kier alpha value is -2.51. The van der Waals surface area contributed by atoms with E-state index < -0.39 is 0 Å². The molecule has 0 saturated carbocycles. The van der Waals surface area contributed by atoms with Gasteiger partial charge < -0.3 is 0 Å². The quantitative estimate of drug-likeness (QED) is 0.653. The minimum Gasteiger partial charge on any atom is -0.183 e. The Morgan fingerprint density at radius 1 is 0.750 bits per heavy atom. The Morgan fingerprint density at radius 3 is 2.00 bits per heavy atom. The van der Waals surface area contributed by atoms with Crippen molar-refractivity contribution in [3.63, 3.8) is 0 Å². The van der Waals surface area contributed by atoms with Crippen molar-refractivity contribution in [2.45, 2.75) is 0 Å². The maximum atomic E-state index is 8.34. The van der Waals surface area contributed by atoms with E-state index in [1.807, 2.05) is 42.5 Å². The molecule has 0 atom stereocenters. The summed E-state index contributed by atoms with van der Waals surface area (Å²) in [6.45, 7) is 0. The number of rotatable bonds is 1. The van der Waals surface area contributed by atoms with Crippen molar-refractivity contribution in [2.75, 3.05) is 0 Å². The summed E-state index contributed by atoms with van der Waals surface area (Å²) in [7, 11) is 0. The van der Waals surface area contributed by atoms with Gasteiger partial charge >= 0.3 is 0 Å². The van der Waals surface area contributed by atoms with E-state index in [0.717, 1.165) is 11.1 Å². The zero-order valence-electron chi connectivity index (χ0n) is 8.64. The second-order valence-corrected chi connectivity index (χ2v) is 3.31. The molecule has 0 bridgehead atoms. The van der Waals surface area contributed by atoms with Crippen molar-refractivity contribution >= 4 is 0 Å². The third-order valence-electron chi connectivity index (χ3n) is 2.25. The zero-order valence-corrected chi connectivity index (χ0v) is 8.64. The van der Waals surface area contributed by atoms with Crippen LogP contribution in [-0.4, -0.2) is 0 Å². The van der Waals surface area contributed by atoms with Crippen LogP contribution in [0.25, 0.3) is 11.1 Å². The predicted molar refractivity (Wildman–Crippen MR) is 64.4 cm³/mol. The molecule has 0 radical (unpaired) electrons. The Kier molecular flexibility index (Phi) is 3.02. The zero-order chi connectivity index (χ0) is 11.2. The molecule has 0 spiro atoms. The topological polar surface area (TPSA) is 23.8 Å². The molecule has 0 saturated heterocycles. The van der Waals surface area contributed by atoms with Crippen molar-refractivity contribution in [1.82, 2.24) is 0 Å². The monoisotopic (exact) mass is 203 g/mol. The Morgan fingerprint density at radius 2 is 1.38 bits per heavy atom. The van der Waals surface area contributed by atoms with Crippen LogP contribution in [0.4, 0.5) is 0 Å². The summed E-state index contributed by atoms with van der Waals surface area (Å²) in [5.41, 5.74) is 3.20. The van der Waals surface area contributed by atoms with Crippen LogP contribution in [-0.2, 0) is 0 Å². The highest BCUT2D eigenvalue weighted by Gasteiger charge is 1.95. The van der Waals surface area contributed by atoms with E-state index in [4.69, 9.17) is 5.26 Å². The van der Waals surface area contributed by atoms with Crippen molar-refractivity contribution in [3.05, 3.63) is 60.2 Å². The third kappa shape index (κ3) is 2.29. The molecule has 1 heteroatoms. The lowest BCUT2D eigenvalue weighted by Gasteiger charge is -2.00. The fraction of sp³-hybridized carbons (Fsp3) is 0. The van der Waals surface area contributed by atoms with Gasteiger partial charge in [-0.3, -0.25) is 0 Å². The summed E-state index contributed by atoms with van der Waals surface area (Å²) in [6, 6.07) is 19.8. The molecule has 0 heterocycles. The number of benzene rings is 2. The second kappa shape index (κ2) is 4.82. The SMILES string of the molecule is N#CC#Cc1ccc(-c2ccccc2)cc1. The molecule has 74 valence electrons. The molecule has 16 heavy (non-hydrogen) atoms. The molecule has 0 amide bonds. The summed E-state index contributed by atoms with van der Waals surface area (Å²) >= 11 is 0. The molecule has 0 unspecified atom stereocenters. The van der Waals surface area contributed by atoms with Gasteiger partial charge in [-0.25, -0.2) is 0 Å². The van der Waals surface area contributed by atoms with Gasteiger partial charge in [-0.05, 0) is 23.3 Å². The molecule has 0 aliphatic carbocycles. The molecule has 0 N–H and O–H groups in total. The van der Waals surface area contributed by atoms with E-state index in [9.17, 15) is 0 Å². The molecule has 0 aliphatic rings. The molecule has 2 aromatic carbocycles. The maximum absolute atomic E-state index is 8.34. The minimum absolute atomic E-state index is 0.862. The summed E-state index contributed by atoms with van der Waals surface area (Å²) < 4.78 is 0. The van der Waals surface area contributed by atoms with Crippen LogP contribution < -0.4 is 0 Å². The normalized spacial score (nSPS) is 8.69. The lowest BCUT2D eigenvalue weighted by Crippen LogP contribution is -1.78. The summed E-state index contributed by atoms with van der Waals surface area (Å²) in [4.78, 5) is 0. The lowest BCUT2D eigenvalue weighted by atomic mass is 10.0. The first-order valence-corrected chi connectivity index (χ1v) is 4.96. The van der Waals surface area contributed by atoms with E-state index in [2.05, 4.69) is 24.0 Å². The highest BCUT2D eigenvalue weighted by Crippen LogP contribution is 2.18. The molecule has 1 nitrogen and oxygen atoms in total. The van der Waals surface area contributed by atoms with Gasteiger partial charge in [0.25, 0.3) is 0 Å². The Labute approximate surface area is 95.0 Å². The van der Waals surface area contributed by atoms with E-state index in [1.165, 1.54) is 5.56 Å². The Bertz CT molecular complexity index is 563. The first kappa shape index (κ1) is 10.0. The van der Waals surface area contributed by atoms with Crippen LogP contribution in [0.2, 0.25) is 0 Å². The standard InChI is InChI=1S/C15H9N/c16-12-4-5-13-8-10-15(11-9-13)14-6-2-1-3-7-14/h1-3,6-11H.